The van der Waals surface area contributed by atoms with Gasteiger partial charge in [0.2, 0.25) is 5.91 Å². The van der Waals surface area contributed by atoms with Crippen molar-refractivity contribution in [1.82, 2.24) is 22.1 Å². The van der Waals surface area contributed by atoms with Crippen LogP contribution in [0, 0.1) is 0 Å². The van der Waals surface area contributed by atoms with Gasteiger partial charge >= 0.3 is 0 Å². The first-order chi connectivity index (χ1) is 22.1. The number of aromatic hydroxyl groups is 1. The minimum Gasteiger partial charge on any atom is -0.508 e. The molecule has 3 aromatic rings. The van der Waals surface area contributed by atoms with Crippen LogP contribution in [0.15, 0.2) is 76.5 Å². The summed E-state index contributed by atoms with van der Waals surface area (Å²) < 4.78 is 34.3. The molecule has 47 heavy (non-hydrogen) atoms. The van der Waals surface area contributed by atoms with Crippen LogP contribution in [0.2, 0.25) is 0 Å². The number of hydrogen-bond acceptors (Lipinski definition) is 10. The number of fused-ring (bicyclic) bond motifs is 1. The SMILES string of the molecule is CCCCC1(CC)CS(=O)(=O)c2cc(OCC(=O)N[C@@H](C(=O)NCCS)c3ccc(O)cc3)c(SC)cc2C(c2ccccc2)N1.N. The maximum atomic E-state index is 14.1. The van der Waals surface area contributed by atoms with Gasteiger partial charge in [0.25, 0.3) is 5.91 Å². The molecule has 7 N–H and O–H groups in total. The van der Waals surface area contributed by atoms with E-state index in [9.17, 15) is 23.1 Å². The number of thioether (sulfide) groups is 1. The average Bonchev–Trinajstić information content (AvgIpc) is 3.16. The van der Waals surface area contributed by atoms with Crippen molar-refractivity contribution >= 4 is 46.0 Å². The Kier molecular flexibility index (Phi) is 14.0. The first-order valence-corrected chi connectivity index (χ1v) is 18.9. The highest BCUT2D eigenvalue weighted by molar-refractivity contribution is 7.98. The molecule has 1 aliphatic rings. The Labute approximate surface area is 287 Å². The smallest absolute Gasteiger partial charge is 0.258 e. The Morgan fingerprint density at radius 2 is 1.83 bits per heavy atom. The van der Waals surface area contributed by atoms with Gasteiger partial charge in [0.1, 0.15) is 17.5 Å². The van der Waals surface area contributed by atoms with Gasteiger partial charge in [0.15, 0.2) is 16.4 Å². The lowest BCUT2D eigenvalue weighted by atomic mass is 9.88. The zero-order valence-corrected chi connectivity index (χ0v) is 29.6. The van der Waals surface area contributed by atoms with Crippen LogP contribution >= 0.6 is 24.4 Å². The van der Waals surface area contributed by atoms with E-state index in [0.29, 0.717) is 34.7 Å². The van der Waals surface area contributed by atoms with E-state index in [-0.39, 0.29) is 34.3 Å². The molecule has 13 heteroatoms. The van der Waals surface area contributed by atoms with Crippen molar-refractivity contribution in [2.75, 3.05) is 30.9 Å². The lowest BCUT2D eigenvalue weighted by Gasteiger charge is -2.36. The molecule has 0 bridgehead atoms. The number of phenols is 1. The van der Waals surface area contributed by atoms with Gasteiger partial charge in [0.05, 0.1) is 16.7 Å². The molecule has 0 spiro atoms. The summed E-state index contributed by atoms with van der Waals surface area (Å²) in [5, 5.41) is 18.9. The van der Waals surface area contributed by atoms with Crippen LogP contribution in [0.3, 0.4) is 0 Å². The topological polar surface area (TPSA) is 169 Å². The maximum Gasteiger partial charge on any atom is 0.258 e. The van der Waals surface area contributed by atoms with Gasteiger partial charge < -0.3 is 26.6 Å². The quantitative estimate of drug-likeness (QED) is 0.0957. The van der Waals surface area contributed by atoms with Crippen molar-refractivity contribution in [2.24, 2.45) is 0 Å². The summed E-state index contributed by atoms with van der Waals surface area (Å²) >= 11 is 5.53. The lowest BCUT2D eigenvalue weighted by Crippen LogP contribution is -2.50. The van der Waals surface area contributed by atoms with Crippen molar-refractivity contribution in [3.8, 4) is 11.5 Å². The van der Waals surface area contributed by atoms with Crippen molar-refractivity contribution in [3.05, 3.63) is 83.4 Å². The normalized spacial score (nSPS) is 18.9. The predicted octanol–water partition coefficient (Wildman–Crippen LogP) is 5.36. The minimum atomic E-state index is -3.77. The summed E-state index contributed by atoms with van der Waals surface area (Å²) in [7, 11) is -3.77. The number of unbranched alkanes of at least 4 members (excludes halogenated alkanes) is 1. The zero-order valence-electron chi connectivity index (χ0n) is 27.1. The van der Waals surface area contributed by atoms with Gasteiger partial charge in [-0.2, -0.15) is 12.6 Å². The van der Waals surface area contributed by atoms with Crippen LogP contribution in [0.4, 0.5) is 0 Å². The van der Waals surface area contributed by atoms with Crippen LogP contribution in [0.5, 0.6) is 11.5 Å². The largest absolute Gasteiger partial charge is 0.508 e. The van der Waals surface area contributed by atoms with Crippen LogP contribution in [-0.2, 0) is 19.4 Å². The number of sulfone groups is 1. The molecule has 3 aromatic carbocycles. The predicted molar refractivity (Wildman–Crippen MR) is 191 cm³/mol. The first kappa shape index (κ1) is 38.2. The molecular weight excluding hydrogens is 657 g/mol. The number of carbonyl (C=O) groups excluding carboxylic acids is 2. The Balaban J connectivity index is 0.00000600. The molecule has 0 aromatic heterocycles. The highest BCUT2D eigenvalue weighted by Gasteiger charge is 2.42. The second kappa shape index (κ2) is 17.3. The minimum absolute atomic E-state index is 0. The Hall–Kier alpha value is -3.23. The van der Waals surface area contributed by atoms with Gasteiger partial charge in [-0.25, -0.2) is 8.42 Å². The molecule has 0 saturated carbocycles. The van der Waals surface area contributed by atoms with Gasteiger partial charge in [0, 0.05) is 28.8 Å². The van der Waals surface area contributed by atoms with E-state index in [1.165, 1.54) is 23.9 Å². The number of amides is 2. The molecule has 0 aliphatic carbocycles. The van der Waals surface area contributed by atoms with Crippen LogP contribution in [0.1, 0.15) is 68.3 Å². The molecule has 10 nitrogen and oxygen atoms in total. The van der Waals surface area contributed by atoms with Crippen molar-refractivity contribution in [2.45, 2.75) is 66.9 Å². The van der Waals surface area contributed by atoms with E-state index in [1.54, 1.807) is 18.2 Å². The van der Waals surface area contributed by atoms with Gasteiger partial charge in [-0.05, 0) is 54.0 Å². The summed E-state index contributed by atoms with van der Waals surface area (Å²) in [6.07, 6.45) is 5.08. The number of phenolic OH excluding ortho intramolecular Hbond substituents is 1. The van der Waals surface area contributed by atoms with E-state index in [0.717, 1.165) is 24.8 Å². The number of benzene rings is 3. The Morgan fingerprint density at radius 1 is 1.13 bits per heavy atom. The number of nitrogens with one attached hydrogen (secondary N) is 3. The average molecular weight is 703 g/mol. The molecule has 4 rings (SSSR count). The van der Waals surface area contributed by atoms with Crippen LogP contribution in [-0.4, -0.2) is 61.8 Å². The lowest BCUT2D eigenvalue weighted by molar-refractivity contribution is -0.130. The zero-order chi connectivity index (χ0) is 33.3. The van der Waals surface area contributed by atoms with E-state index >= 15 is 0 Å². The molecule has 0 radical (unpaired) electrons. The third kappa shape index (κ3) is 9.44. The van der Waals surface area contributed by atoms with E-state index in [2.05, 4.69) is 35.5 Å². The standard InChI is InChI=1S/C34H43N3O6S3.H3N/c1-4-6-16-34(5-2)22-46(41,42)29-20-27(28(45-3)19-26(29)31(37-34)23-10-8-7-9-11-23)43-21-30(39)36-32(33(40)35-17-18-44)24-12-14-25(38)15-13-24;/h7-15,19-20,31-32,37-38,44H,4-6,16-18,21-22H2,1-3H3,(H,35,40)(H,36,39);1H3/t31?,32-,34?;/m1./s1. The second-order valence-electron chi connectivity index (χ2n) is 11.4. The van der Waals surface area contributed by atoms with Crippen LogP contribution < -0.4 is 26.8 Å². The fourth-order valence-electron chi connectivity index (χ4n) is 5.73. The van der Waals surface area contributed by atoms with Crippen molar-refractivity contribution in [3.63, 3.8) is 0 Å². The molecule has 1 heterocycles. The van der Waals surface area contributed by atoms with Crippen molar-refractivity contribution < 1.29 is 27.9 Å². The molecule has 0 saturated heterocycles. The fourth-order valence-corrected chi connectivity index (χ4v) is 8.55. The summed E-state index contributed by atoms with van der Waals surface area (Å²) in [6.45, 7) is 3.99. The van der Waals surface area contributed by atoms with Crippen LogP contribution in [0.25, 0.3) is 0 Å². The molecule has 1 aliphatic heterocycles. The molecule has 2 unspecified atom stereocenters. The maximum absolute atomic E-state index is 14.1. The fraction of sp³-hybridized carbons (Fsp3) is 0.412. The first-order valence-electron chi connectivity index (χ1n) is 15.4. The highest BCUT2D eigenvalue weighted by Crippen LogP contribution is 2.42. The Morgan fingerprint density at radius 3 is 2.45 bits per heavy atom. The van der Waals surface area contributed by atoms with Crippen molar-refractivity contribution in [1.29, 1.82) is 0 Å². The summed E-state index contributed by atoms with van der Waals surface area (Å²) in [5.74, 6) is -0.339. The number of thiol groups is 1. The number of rotatable bonds is 14. The number of ether oxygens (including phenoxy) is 1. The monoisotopic (exact) mass is 702 g/mol. The molecule has 2 amide bonds. The molecule has 0 fully saturated rings. The molecular formula is C34H46N4O6S3. The number of carbonyl (C=O) groups is 2. The molecule has 3 atom stereocenters. The highest BCUT2D eigenvalue weighted by atomic mass is 32.2. The van der Waals surface area contributed by atoms with E-state index in [4.69, 9.17) is 4.74 Å². The Bertz CT molecular complexity index is 1610. The van der Waals surface area contributed by atoms with Gasteiger partial charge in [-0.3, -0.25) is 14.9 Å². The molecule has 256 valence electrons. The van der Waals surface area contributed by atoms with Gasteiger partial charge in [-0.1, -0.05) is 69.2 Å². The third-order valence-electron chi connectivity index (χ3n) is 8.24. The second-order valence-corrected chi connectivity index (χ2v) is 14.7. The third-order valence-corrected chi connectivity index (χ3v) is 11.2. The van der Waals surface area contributed by atoms with E-state index in [1.807, 2.05) is 49.6 Å². The summed E-state index contributed by atoms with van der Waals surface area (Å²) in [5.41, 5.74) is 1.47. The van der Waals surface area contributed by atoms with Gasteiger partial charge in [-0.15, -0.1) is 11.8 Å². The van der Waals surface area contributed by atoms with E-state index < -0.39 is 39.8 Å². The summed E-state index contributed by atoms with van der Waals surface area (Å²) in [6, 6.07) is 17.8. The summed E-state index contributed by atoms with van der Waals surface area (Å²) in [4.78, 5) is 26.9. The number of hydrogen-bond donors (Lipinski definition) is 6.